The first-order valence-corrected chi connectivity index (χ1v) is 7.46. The Morgan fingerprint density at radius 2 is 1.94 bits per heavy atom. The lowest BCUT2D eigenvalue weighted by atomic mass is 9.87. The molecule has 3 heteroatoms. The van der Waals surface area contributed by atoms with Gasteiger partial charge < -0.3 is 4.74 Å². The molecule has 102 valence electrons. The van der Waals surface area contributed by atoms with Crippen molar-refractivity contribution in [1.29, 1.82) is 0 Å². The number of unbranched alkanes of at least 4 members (excludes halogenated alkanes) is 1. The van der Waals surface area contributed by atoms with Gasteiger partial charge in [-0.2, -0.15) is 0 Å². The molecule has 0 bridgehead atoms. The molecule has 0 aromatic carbocycles. The van der Waals surface area contributed by atoms with Gasteiger partial charge in [-0.1, -0.05) is 39.2 Å². The van der Waals surface area contributed by atoms with Crippen molar-refractivity contribution >= 4 is 9.24 Å². The lowest BCUT2D eigenvalue weighted by Gasteiger charge is -2.31. The normalized spacial score (nSPS) is 14.3. The summed E-state index contributed by atoms with van der Waals surface area (Å²) in [5, 5.41) is 0.175. The highest BCUT2D eigenvalue weighted by Gasteiger charge is 2.27. The molecule has 0 aliphatic carbocycles. The zero-order valence-electron chi connectivity index (χ0n) is 12.1. The number of ether oxygens (including phenoxy) is 1. The van der Waals surface area contributed by atoms with Gasteiger partial charge in [0.1, 0.15) is 0 Å². The van der Waals surface area contributed by atoms with Crippen molar-refractivity contribution in [2.45, 2.75) is 58.0 Å². The molecular weight excluding hydrogens is 241 g/mol. The van der Waals surface area contributed by atoms with Gasteiger partial charge >= 0.3 is 0 Å². The lowest BCUT2D eigenvalue weighted by Crippen LogP contribution is -2.20. The Morgan fingerprint density at radius 3 is 2.44 bits per heavy atom. The molecule has 2 nitrogen and oxygen atoms in total. The van der Waals surface area contributed by atoms with Crippen LogP contribution in [0, 0.1) is 6.92 Å². The molecule has 2 atom stereocenters. The SMILES string of the molecule is CCCCC(P)(CCC)c1ccc(OC)nc1C. The Hall–Kier alpha value is -0.620. The van der Waals surface area contributed by atoms with Gasteiger partial charge in [0.25, 0.3) is 0 Å². The maximum Gasteiger partial charge on any atom is 0.213 e. The molecule has 0 fully saturated rings. The van der Waals surface area contributed by atoms with Crippen LogP contribution in [0.3, 0.4) is 0 Å². The molecule has 0 amide bonds. The summed E-state index contributed by atoms with van der Waals surface area (Å²) in [6, 6.07) is 4.15. The van der Waals surface area contributed by atoms with Crippen LogP contribution in [0.2, 0.25) is 0 Å². The second kappa shape index (κ2) is 7.09. The van der Waals surface area contributed by atoms with E-state index in [0.29, 0.717) is 5.88 Å². The zero-order chi connectivity index (χ0) is 13.6. The van der Waals surface area contributed by atoms with Crippen LogP contribution in [0.4, 0.5) is 0 Å². The van der Waals surface area contributed by atoms with Crippen molar-refractivity contribution in [2.24, 2.45) is 0 Å². The number of hydrogen-bond donors (Lipinski definition) is 0. The fraction of sp³-hybridized carbons (Fsp3) is 0.667. The summed E-state index contributed by atoms with van der Waals surface area (Å²) in [6.07, 6.45) is 6.08. The van der Waals surface area contributed by atoms with E-state index in [0.717, 1.165) is 5.69 Å². The quantitative estimate of drug-likeness (QED) is 0.680. The van der Waals surface area contributed by atoms with Gasteiger partial charge in [0, 0.05) is 16.9 Å². The summed E-state index contributed by atoms with van der Waals surface area (Å²) in [5.41, 5.74) is 2.44. The number of pyridine rings is 1. The van der Waals surface area contributed by atoms with E-state index >= 15 is 0 Å². The molecule has 1 rings (SSSR count). The summed E-state index contributed by atoms with van der Waals surface area (Å²) in [4.78, 5) is 4.51. The number of rotatable bonds is 7. The van der Waals surface area contributed by atoms with Gasteiger partial charge in [0.2, 0.25) is 5.88 Å². The van der Waals surface area contributed by atoms with Crippen LogP contribution in [0.25, 0.3) is 0 Å². The molecule has 1 aromatic rings. The minimum absolute atomic E-state index is 0.175. The van der Waals surface area contributed by atoms with Crippen molar-refractivity contribution in [2.75, 3.05) is 7.11 Å². The monoisotopic (exact) mass is 267 g/mol. The summed E-state index contributed by atoms with van der Waals surface area (Å²) in [6.45, 7) is 6.57. The highest BCUT2D eigenvalue weighted by molar-refractivity contribution is 7.18. The molecule has 1 aromatic heterocycles. The van der Waals surface area contributed by atoms with Crippen LogP contribution in [0.15, 0.2) is 12.1 Å². The van der Waals surface area contributed by atoms with Crippen molar-refractivity contribution in [1.82, 2.24) is 4.98 Å². The molecule has 0 aliphatic heterocycles. The smallest absolute Gasteiger partial charge is 0.213 e. The van der Waals surface area contributed by atoms with Crippen molar-refractivity contribution in [3.63, 3.8) is 0 Å². The number of hydrogen-bond acceptors (Lipinski definition) is 2. The average Bonchev–Trinajstić information content (AvgIpc) is 2.36. The first-order chi connectivity index (χ1) is 8.57. The number of nitrogens with zero attached hydrogens (tertiary/aromatic N) is 1. The lowest BCUT2D eigenvalue weighted by molar-refractivity contribution is 0.395. The van der Waals surface area contributed by atoms with E-state index in [1.54, 1.807) is 7.11 Å². The van der Waals surface area contributed by atoms with E-state index < -0.39 is 0 Å². The molecule has 18 heavy (non-hydrogen) atoms. The van der Waals surface area contributed by atoms with Crippen LogP contribution >= 0.6 is 9.24 Å². The molecule has 2 unspecified atom stereocenters. The van der Waals surface area contributed by atoms with Crippen molar-refractivity contribution in [3.05, 3.63) is 23.4 Å². The van der Waals surface area contributed by atoms with Crippen LogP contribution in [0.5, 0.6) is 5.88 Å². The standard InChI is InChI=1S/C15H26NOP/c1-5-7-11-15(18,10-6-2)13-8-9-14(17-4)16-12(13)3/h8-9H,5-7,10-11,18H2,1-4H3. The minimum atomic E-state index is 0.175. The predicted octanol–water partition coefficient (Wildman–Crippen LogP) is 4.46. The number of aryl methyl sites for hydroxylation is 1. The molecule has 0 saturated carbocycles. The summed E-state index contributed by atoms with van der Waals surface area (Å²) in [5.74, 6) is 0.704. The maximum absolute atomic E-state index is 5.19. The van der Waals surface area contributed by atoms with Gasteiger partial charge in [-0.25, -0.2) is 4.98 Å². The van der Waals surface area contributed by atoms with E-state index in [4.69, 9.17) is 4.74 Å². The third-order valence-corrected chi connectivity index (χ3v) is 4.37. The third-order valence-electron chi connectivity index (χ3n) is 3.48. The van der Waals surface area contributed by atoms with E-state index in [9.17, 15) is 0 Å². The highest BCUT2D eigenvalue weighted by Crippen LogP contribution is 2.42. The van der Waals surface area contributed by atoms with Crippen LogP contribution in [-0.4, -0.2) is 12.1 Å². The van der Waals surface area contributed by atoms with Crippen LogP contribution in [0.1, 0.15) is 57.2 Å². The Balaban J connectivity index is 3.04. The summed E-state index contributed by atoms with van der Waals surface area (Å²) >= 11 is 0. The van der Waals surface area contributed by atoms with Crippen molar-refractivity contribution in [3.8, 4) is 5.88 Å². The Morgan fingerprint density at radius 1 is 1.22 bits per heavy atom. The molecular formula is C15H26NOP. The van der Waals surface area contributed by atoms with E-state index in [-0.39, 0.29) is 5.16 Å². The van der Waals surface area contributed by atoms with Gasteiger partial charge in [0.15, 0.2) is 0 Å². The second-order valence-corrected chi connectivity index (χ2v) is 6.10. The van der Waals surface area contributed by atoms with Crippen molar-refractivity contribution < 1.29 is 4.74 Å². The summed E-state index contributed by atoms with van der Waals surface area (Å²) in [7, 11) is 4.75. The molecule has 0 spiro atoms. The molecule has 0 aliphatic rings. The van der Waals surface area contributed by atoms with Gasteiger partial charge in [-0.05, 0) is 25.3 Å². The van der Waals surface area contributed by atoms with Crippen LogP contribution < -0.4 is 4.74 Å². The number of aromatic nitrogens is 1. The fourth-order valence-electron chi connectivity index (χ4n) is 2.51. The Kier molecular flexibility index (Phi) is 6.08. The van der Waals surface area contributed by atoms with Crippen LogP contribution in [-0.2, 0) is 5.16 Å². The fourth-order valence-corrected chi connectivity index (χ4v) is 3.31. The van der Waals surface area contributed by atoms with Gasteiger partial charge in [-0.15, -0.1) is 9.24 Å². The summed E-state index contributed by atoms with van der Waals surface area (Å²) < 4.78 is 5.19. The second-order valence-electron chi connectivity index (χ2n) is 5.00. The minimum Gasteiger partial charge on any atom is -0.481 e. The first kappa shape index (κ1) is 15.4. The molecule has 0 N–H and O–H groups in total. The average molecular weight is 267 g/mol. The Bertz CT molecular complexity index is 381. The number of methoxy groups -OCH3 is 1. The maximum atomic E-state index is 5.19. The molecule has 0 saturated heterocycles. The highest BCUT2D eigenvalue weighted by atomic mass is 31.0. The van der Waals surface area contributed by atoms with Gasteiger partial charge in [0.05, 0.1) is 7.11 Å². The molecule has 0 radical (unpaired) electrons. The van der Waals surface area contributed by atoms with E-state index in [1.807, 2.05) is 6.07 Å². The van der Waals surface area contributed by atoms with E-state index in [1.165, 1.54) is 37.7 Å². The molecule has 1 heterocycles. The predicted molar refractivity (Wildman–Crippen MR) is 81.3 cm³/mol. The van der Waals surface area contributed by atoms with E-state index in [2.05, 4.69) is 41.1 Å². The Labute approximate surface area is 114 Å². The first-order valence-electron chi connectivity index (χ1n) is 6.88. The zero-order valence-corrected chi connectivity index (χ0v) is 13.3. The van der Waals surface area contributed by atoms with Gasteiger partial charge in [-0.3, -0.25) is 0 Å². The topological polar surface area (TPSA) is 22.1 Å². The third kappa shape index (κ3) is 3.68. The largest absolute Gasteiger partial charge is 0.481 e.